The second-order valence-corrected chi connectivity index (χ2v) is 6.36. The lowest BCUT2D eigenvalue weighted by Crippen LogP contribution is -2.43. The third-order valence-electron chi connectivity index (χ3n) is 3.43. The van der Waals surface area contributed by atoms with Gasteiger partial charge >= 0.3 is 0 Å². The molecule has 106 valence electrons. The van der Waals surface area contributed by atoms with Gasteiger partial charge in [0.25, 0.3) is 0 Å². The highest BCUT2D eigenvalue weighted by Crippen LogP contribution is 2.29. The van der Waals surface area contributed by atoms with Gasteiger partial charge in [-0.2, -0.15) is 0 Å². The topological polar surface area (TPSA) is 24.5 Å². The zero-order valence-electron chi connectivity index (χ0n) is 12.4. The number of anilines is 1. The van der Waals surface area contributed by atoms with Crippen LogP contribution in [0, 0.1) is 5.41 Å². The SMILES string of the molecule is CC(C)(C)CCOc1ccccc1N1CCNCC1. The van der Waals surface area contributed by atoms with Crippen LogP contribution in [-0.4, -0.2) is 32.8 Å². The molecule has 1 heterocycles. The van der Waals surface area contributed by atoms with Crippen LogP contribution in [0.2, 0.25) is 0 Å². The first-order valence-corrected chi connectivity index (χ1v) is 7.24. The van der Waals surface area contributed by atoms with E-state index in [9.17, 15) is 0 Å². The summed E-state index contributed by atoms with van der Waals surface area (Å²) in [4.78, 5) is 2.41. The maximum atomic E-state index is 6.00. The molecule has 0 aromatic heterocycles. The summed E-state index contributed by atoms with van der Waals surface area (Å²) in [5.74, 6) is 1.02. The molecule has 1 N–H and O–H groups in total. The van der Waals surface area contributed by atoms with E-state index in [0.29, 0.717) is 5.41 Å². The lowest BCUT2D eigenvalue weighted by atomic mass is 9.93. The molecular formula is C16H26N2O. The van der Waals surface area contributed by atoms with Crippen molar-refractivity contribution in [1.29, 1.82) is 0 Å². The Labute approximate surface area is 116 Å². The molecule has 0 amide bonds. The van der Waals surface area contributed by atoms with Crippen LogP contribution in [0.4, 0.5) is 5.69 Å². The molecule has 1 aliphatic rings. The monoisotopic (exact) mass is 262 g/mol. The Balaban J connectivity index is 1.99. The molecule has 0 bridgehead atoms. The van der Waals surface area contributed by atoms with E-state index < -0.39 is 0 Å². The van der Waals surface area contributed by atoms with Gasteiger partial charge in [-0.15, -0.1) is 0 Å². The van der Waals surface area contributed by atoms with E-state index in [4.69, 9.17) is 4.74 Å². The minimum atomic E-state index is 0.323. The molecule has 0 saturated carbocycles. The Morgan fingerprint density at radius 3 is 2.53 bits per heavy atom. The molecule has 3 heteroatoms. The van der Waals surface area contributed by atoms with Crippen LogP contribution in [0.25, 0.3) is 0 Å². The van der Waals surface area contributed by atoms with E-state index in [0.717, 1.165) is 45.0 Å². The number of piperazine rings is 1. The van der Waals surface area contributed by atoms with Crippen molar-refractivity contribution in [2.24, 2.45) is 5.41 Å². The molecule has 1 saturated heterocycles. The van der Waals surface area contributed by atoms with Crippen LogP contribution in [0.5, 0.6) is 5.75 Å². The Bertz CT molecular complexity index is 392. The van der Waals surface area contributed by atoms with Crippen molar-refractivity contribution in [2.45, 2.75) is 27.2 Å². The summed E-state index contributed by atoms with van der Waals surface area (Å²) in [6.45, 7) is 11.7. The standard InChI is InChI=1S/C16H26N2O/c1-16(2,3)8-13-19-15-7-5-4-6-14(15)18-11-9-17-10-12-18/h4-7,17H,8-13H2,1-3H3. The lowest BCUT2D eigenvalue weighted by Gasteiger charge is -2.31. The van der Waals surface area contributed by atoms with Gasteiger partial charge in [-0.1, -0.05) is 32.9 Å². The maximum Gasteiger partial charge on any atom is 0.142 e. The quantitative estimate of drug-likeness (QED) is 0.903. The van der Waals surface area contributed by atoms with Crippen LogP contribution < -0.4 is 15.0 Å². The number of hydrogen-bond acceptors (Lipinski definition) is 3. The smallest absolute Gasteiger partial charge is 0.142 e. The molecule has 0 atom stereocenters. The molecule has 1 fully saturated rings. The van der Waals surface area contributed by atoms with Gasteiger partial charge in [0.15, 0.2) is 0 Å². The average molecular weight is 262 g/mol. The average Bonchev–Trinajstić information content (AvgIpc) is 2.39. The van der Waals surface area contributed by atoms with Crippen molar-refractivity contribution in [1.82, 2.24) is 5.32 Å². The number of nitrogens with zero attached hydrogens (tertiary/aromatic N) is 1. The molecule has 0 radical (unpaired) electrons. The highest BCUT2D eigenvalue weighted by atomic mass is 16.5. The molecule has 0 unspecified atom stereocenters. The van der Waals surface area contributed by atoms with Crippen LogP contribution in [0.3, 0.4) is 0 Å². The Hall–Kier alpha value is -1.22. The van der Waals surface area contributed by atoms with Crippen LogP contribution in [0.15, 0.2) is 24.3 Å². The van der Waals surface area contributed by atoms with Crippen molar-refractivity contribution in [3.05, 3.63) is 24.3 Å². The van der Waals surface area contributed by atoms with E-state index >= 15 is 0 Å². The predicted molar refractivity (Wildman–Crippen MR) is 81.1 cm³/mol. The molecule has 1 aliphatic heterocycles. The highest BCUT2D eigenvalue weighted by molar-refractivity contribution is 5.58. The maximum absolute atomic E-state index is 6.00. The number of rotatable bonds is 4. The molecule has 19 heavy (non-hydrogen) atoms. The molecule has 2 rings (SSSR count). The second-order valence-electron chi connectivity index (χ2n) is 6.36. The number of hydrogen-bond donors (Lipinski definition) is 1. The van der Waals surface area contributed by atoms with E-state index in [2.05, 4.69) is 55.3 Å². The lowest BCUT2D eigenvalue weighted by molar-refractivity contribution is 0.243. The third-order valence-corrected chi connectivity index (χ3v) is 3.43. The third kappa shape index (κ3) is 4.43. The van der Waals surface area contributed by atoms with Crippen molar-refractivity contribution in [3.8, 4) is 5.75 Å². The second kappa shape index (κ2) is 6.29. The first-order valence-electron chi connectivity index (χ1n) is 7.24. The van der Waals surface area contributed by atoms with E-state index in [1.54, 1.807) is 0 Å². The summed E-state index contributed by atoms with van der Waals surface area (Å²) in [7, 11) is 0. The van der Waals surface area contributed by atoms with Crippen molar-refractivity contribution in [3.63, 3.8) is 0 Å². The molecule has 1 aromatic rings. The fourth-order valence-corrected chi connectivity index (χ4v) is 2.21. The van der Waals surface area contributed by atoms with E-state index in [1.165, 1.54) is 5.69 Å². The summed E-state index contributed by atoms with van der Waals surface area (Å²) in [6.07, 6.45) is 1.07. The summed E-state index contributed by atoms with van der Waals surface area (Å²) in [5, 5.41) is 3.38. The zero-order chi connectivity index (χ0) is 13.7. The van der Waals surface area contributed by atoms with E-state index in [-0.39, 0.29) is 0 Å². The molecule has 0 spiro atoms. The minimum absolute atomic E-state index is 0.323. The first kappa shape index (κ1) is 14.2. The zero-order valence-corrected chi connectivity index (χ0v) is 12.4. The number of ether oxygens (including phenoxy) is 1. The van der Waals surface area contributed by atoms with E-state index in [1.807, 2.05) is 0 Å². The minimum Gasteiger partial charge on any atom is -0.491 e. The highest BCUT2D eigenvalue weighted by Gasteiger charge is 2.15. The van der Waals surface area contributed by atoms with Gasteiger partial charge in [0.2, 0.25) is 0 Å². The normalized spacial score (nSPS) is 16.5. The first-order chi connectivity index (χ1) is 9.06. The Morgan fingerprint density at radius 2 is 1.84 bits per heavy atom. The van der Waals surface area contributed by atoms with Crippen molar-refractivity contribution < 1.29 is 4.74 Å². The molecular weight excluding hydrogens is 236 g/mol. The van der Waals surface area contributed by atoms with Gasteiger partial charge in [0.05, 0.1) is 12.3 Å². The summed E-state index contributed by atoms with van der Waals surface area (Å²) in [6, 6.07) is 8.39. The summed E-state index contributed by atoms with van der Waals surface area (Å²) in [5.41, 5.74) is 1.56. The van der Waals surface area contributed by atoms with Gasteiger partial charge in [-0.3, -0.25) is 0 Å². The van der Waals surface area contributed by atoms with Gasteiger partial charge in [-0.25, -0.2) is 0 Å². The summed E-state index contributed by atoms with van der Waals surface area (Å²) < 4.78 is 6.00. The summed E-state index contributed by atoms with van der Waals surface area (Å²) >= 11 is 0. The fourth-order valence-electron chi connectivity index (χ4n) is 2.21. The molecule has 0 aliphatic carbocycles. The van der Waals surface area contributed by atoms with Crippen molar-refractivity contribution >= 4 is 5.69 Å². The van der Waals surface area contributed by atoms with Gasteiger partial charge < -0.3 is 15.0 Å². The number of para-hydroxylation sites is 2. The van der Waals surface area contributed by atoms with Crippen LogP contribution >= 0.6 is 0 Å². The van der Waals surface area contributed by atoms with Crippen molar-refractivity contribution in [2.75, 3.05) is 37.7 Å². The fraction of sp³-hybridized carbons (Fsp3) is 0.625. The largest absolute Gasteiger partial charge is 0.491 e. The molecule has 1 aromatic carbocycles. The van der Waals surface area contributed by atoms with Gasteiger partial charge in [0, 0.05) is 26.2 Å². The van der Waals surface area contributed by atoms with Gasteiger partial charge in [0.1, 0.15) is 5.75 Å². The Kier molecular flexibility index (Phi) is 4.70. The Morgan fingerprint density at radius 1 is 1.16 bits per heavy atom. The number of benzene rings is 1. The number of nitrogens with one attached hydrogen (secondary N) is 1. The van der Waals surface area contributed by atoms with Gasteiger partial charge in [-0.05, 0) is 24.0 Å². The van der Waals surface area contributed by atoms with Crippen LogP contribution in [-0.2, 0) is 0 Å². The molecule has 3 nitrogen and oxygen atoms in total. The van der Waals surface area contributed by atoms with Crippen LogP contribution in [0.1, 0.15) is 27.2 Å². The predicted octanol–water partition coefficient (Wildman–Crippen LogP) is 2.91.